The molecule has 0 aliphatic heterocycles. The van der Waals surface area contributed by atoms with Gasteiger partial charge >= 0.3 is 0 Å². The molecule has 0 N–H and O–H groups in total. The van der Waals surface area contributed by atoms with Crippen LogP contribution in [0.1, 0.15) is 17.7 Å². The van der Waals surface area contributed by atoms with Gasteiger partial charge in [-0.15, -0.1) is 0 Å². The van der Waals surface area contributed by atoms with Gasteiger partial charge in [-0.2, -0.15) is 0 Å². The summed E-state index contributed by atoms with van der Waals surface area (Å²) < 4.78 is 24.1. The highest BCUT2D eigenvalue weighted by Gasteiger charge is 2.13. The van der Waals surface area contributed by atoms with Crippen LogP contribution in [0.15, 0.2) is 12.3 Å². The molecule has 1 aromatic heterocycles. The SMILES string of the molecule is Cc1ccnc(C(F)F)c1Cl. The number of aromatic nitrogens is 1. The van der Waals surface area contributed by atoms with Crippen molar-refractivity contribution >= 4 is 11.6 Å². The van der Waals surface area contributed by atoms with E-state index in [4.69, 9.17) is 11.6 Å². The van der Waals surface area contributed by atoms with Crippen LogP contribution in [0, 0.1) is 6.92 Å². The predicted molar refractivity (Wildman–Crippen MR) is 38.9 cm³/mol. The molecule has 0 spiro atoms. The van der Waals surface area contributed by atoms with E-state index in [2.05, 4.69) is 4.98 Å². The zero-order chi connectivity index (χ0) is 8.43. The van der Waals surface area contributed by atoms with Crippen LogP contribution < -0.4 is 0 Å². The molecule has 0 fully saturated rings. The second-order valence-corrected chi connectivity index (χ2v) is 2.51. The lowest BCUT2D eigenvalue weighted by molar-refractivity contribution is 0.146. The van der Waals surface area contributed by atoms with E-state index < -0.39 is 6.43 Å². The van der Waals surface area contributed by atoms with Crippen molar-refractivity contribution in [3.05, 3.63) is 28.5 Å². The monoisotopic (exact) mass is 177 g/mol. The summed E-state index contributed by atoms with van der Waals surface area (Å²) in [5.74, 6) is 0. The Labute approximate surface area is 68.0 Å². The number of hydrogen-bond donors (Lipinski definition) is 0. The largest absolute Gasteiger partial charge is 0.281 e. The maximum atomic E-state index is 12.1. The van der Waals surface area contributed by atoms with Crippen molar-refractivity contribution in [1.82, 2.24) is 4.98 Å². The van der Waals surface area contributed by atoms with Gasteiger partial charge in [0.2, 0.25) is 0 Å². The second-order valence-electron chi connectivity index (χ2n) is 2.13. The molecule has 11 heavy (non-hydrogen) atoms. The molecule has 0 unspecified atom stereocenters. The van der Waals surface area contributed by atoms with E-state index in [1.54, 1.807) is 13.0 Å². The van der Waals surface area contributed by atoms with Crippen molar-refractivity contribution in [2.24, 2.45) is 0 Å². The Bertz CT molecular complexity index is 263. The van der Waals surface area contributed by atoms with Crippen molar-refractivity contribution in [2.45, 2.75) is 13.3 Å². The normalized spacial score (nSPS) is 10.6. The Kier molecular flexibility index (Phi) is 2.39. The van der Waals surface area contributed by atoms with Crippen LogP contribution in [0.25, 0.3) is 0 Å². The maximum Gasteiger partial charge on any atom is 0.281 e. The van der Waals surface area contributed by atoms with Crippen molar-refractivity contribution in [3.8, 4) is 0 Å². The van der Waals surface area contributed by atoms with Gasteiger partial charge in [0.15, 0.2) is 0 Å². The Morgan fingerprint density at radius 2 is 2.18 bits per heavy atom. The summed E-state index contributed by atoms with van der Waals surface area (Å²) in [4.78, 5) is 3.46. The van der Waals surface area contributed by atoms with E-state index in [9.17, 15) is 8.78 Å². The van der Waals surface area contributed by atoms with Gasteiger partial charge in [0.25, 0.3) is 6.43 Å². The first kappa shape index (κ1) is 8.40. The molecule has 0 saturated heterocycles. The third-order valence-electron chi connectivity index (χ3n) is 1.32. The number of halogens is 3. The molecule has 0 atom stereocenters. The molecule has 0 radical (unpaired) electrons. The van der Waals surface area contributed by atoms with E-state index in [0.29, 0.717) is 5.56 Å². The summed E-state index contributed by atoms with van der Waals surface area (Å²) in [6.07, 6.45) is -1.27. The summed E-state index contributed by atoms with van der Waals surface area (Å²) in [5, 5.41) is 0.0579. The molecule has 0 aliphatic rings. The fourth-order valence-electron chi connectivity index (χ4n) is 0.713. The fourth-order valence-corrected chi connectivity index (χ4v) is 0.908. The summed E-state index contributed by atoms with van der Waals surface area (Å²) in [6.45, 7) is 1.66. The Morgan fingerprint density at radius 3 is 2.64 bits per heavy atom. The molecule has 1 aromatic rings. The summed E-state index contributed by atoms with van der Waals surface area (Å²) in [7, 11) is 0. The van der Waals surface area contributed by atoms with Crippen LogP contribution in [0.2, 0.25) is 5.02 Å². The Hall–Kier alpha value is -0.700. The average molecular weight is 178 g/mol. The molecule has 0 aromatic carbocycles. The molecule has 1 nitrogen and oxygen atoms in total. The van der Waals surface area contributed by atoms with Crippen molar-refractivity contribution in [1.29, 1.82) is 0 Å². The fraction of sp³-hybridized carbons (Fsp3) is 0.286. The van der Waals surface area contributed by atoms with Gasteiger partial charge < -0.3 is 0 Å². The Morgan fingerprint density at radius 1 is 1.55 bits per heavy atom. The maximum absolute atomic E-state index is 12.1. The van der Waals surface area contributed by atoms with Gasteiger partial charge in [0.05, 0.1) is 5.02 Å². The molecule has 0 aliphatic carbocycles. The summed E-state index contributed by atoms with van der Waals surface area (Å²) in [6, 6.07) is 1.59. The molecular formula is C7H6ClF2N. The lowest BCUT2D eigenvalue weighted by atomic mass is 10.2. The van der Waals surface area contributed by atoms with Crippen LogP contribution in [0.4, 0.5) is 8.78 Å². The van der Waals surface area contributed by atoms with Crippen LogP contribution in [-0.2, 0) is 0 Å². The van der Waals surface area contributed by atoms with E-state index >= 15 is 0 Å². The number of pyridine rings is 1. The first-order chi connectivity index (χ1) is 5.13. The van der Waals surface area contributed by atoms with Crippen molar-refractivity contribution in [3.63, 3.8) is 0 Å². The van der Waals surface area contributed by atoms with Crippen LogP contribution in [0.5, 0.6) is 0 Å². The van der Waals surface area contributed by atoms with Gasteiger partial charge in [-0.05, 0) is 18.6 Å². The minimum atomic E-state index is -2.60. The van der Waals surface area contributed by atoms with E-state index in [1.807, 2.05) is 0 Å². The van der Waals surface area contributed by atoms with E-state index in [0.717, 1.165) is 0 Å². The zero-order valence-electron chi connectivity index (χ0n) is 5.81. The lowest BCUT2D eigenvalue weighted by Gasteiger charge is -2.02. The van der Waals surface area contributed by atoms with Crippen LogP contribution in [-0.4, -0.2) is 4.98 Å². The highest BCUT2D eigenvalue weighted by molar-refractivity contribution is 6.31. The van der Waals surface area contributed by atoms with Gasteiger partial charge in [-0.1, -0.05) is 11.6 Å². The minimum absolute atomic E-state index is 0.0579. The third-order valence-corrected chi connectivity index (χ3v) is 1.81. The number of hydrogen-bond acceptors (Lipinski definition) is 1. The van der Waals surface area contributed by atoms with Gasteiger partial charge in [0.1, 0.15) is 5.69 Å². The number of aryl methyl sites for hydroxylation is 1. The Balaban J connectivity index is 3.17. The zero-order valence-corrected chi connectivity index (χ0v) is 6.57. The van der Waals surface area contributed by atoms with E-state index in [1.165, 1.54) is 6.20 Å². The molecule has 0 saturated carbocycles. The summed E-state index contributed by atoms with van der Waals surface area (Å²) >= 11 is 5.55. The van der Waals surface area contributed by atoms with Crippen molar-refractivity contribution < 1.29 is 8.78 Å². The number of rotatable bonds is 1. The van der Waals surface area contributed by atoms with Gasteiger partial charge in [0, 0.05) is 6.20 Å². The first-order valence-electron chi connectivity index (χ1n) is 3.02. The predicted octanol–water partition coefficient (Wildman–Crippen LogP) is 2.98. The number of alkyl halides is 2. The molecule has 60 valence electrons. The molecule has 1 rings (SSSR count). The lowest BCUT2D eigenvalue weighted by Crippen LogP contribution is -1.92. The second kappa shape index (κ2) is 3.13. The van der Waals surface area contributed by atoms with Crippen molar-refractivity contribution in [2.75, 3.05) is 0 Å². The molecule has 4 heteroatoms. The molecule has 1 heterocycles. The van der Waals surface area contributed by atoms with Crippen LogP contribution >= 0.6 is 11.6 Å². The minimum Gasteiger partial charge on any atom is -0.254 e. The average Bonchev–Trinajstić information content (AvgIpc) is 1.94. The molecule has 0 amide bonds. The van der Waals surface area contributed by atoms with E-state index in [-0.39, 0.29) is 10.7 Å². The van der Waals surface area contributed by atoms with Gasteiger partial charge in [-0.3, -0.25) is 4.98 Å². The summed E-state index contributed by atoms with van der Waals surface area (Å²) in [5.41, 5.74) is 0.281. The standard InChI is InChI=1S/C7H6ClF2N/c1-4-2-3-11-6(5(4)8)7(9)10/h2-3,7H,1H3. The highest BCUT2D eigenvalue weighted by Crippen LogP contribution is 2.26. The third kappa shape index (κ3) is 1.66. The first-order valence-corrected chi connectivity index (χ1v) is 3.40. The highest BCUT2D eigenvalue weighted by atomic mass is 35.5. The molecular weight excluding hydrogens is 172 g/mol. The van der Waals surface area contributed by atoms with Crippen LogP contribution in [0.3, 0.4) is 0 Å². The number of nitrogens with zero attached hydrogens (tertiary/aromatic N) is 1. The smallest absolute Gasteiger partial charge is 0.254 e. The topological polar surface area (TPSA) is 12.9 Å². The molecule has 0 bridgehead atoms. The van der Waals surface area contributed by atoms with Gasteiger partial charge in [-0.25, -0.2) is 8.78 Å². The quantitative estimate of drug-likeness (QED) is 0.643.